The Morgan fingerprint density at radius 1 is 1.24 bits per heavy atom. The van der Waals surface area contributed by atoms with Crippen LogP contribution in [-0.4, -0.2) is 23.8 Å². The highest BCUT2D eigenvalue weighted by Gasteiger charge is 2.28. The van der Waals surface area contributed by atoms with Gasteiger partial charge in [0, 0.05) is 41.8 Å². The minimum absolute atomic E-state index is 0.0625. The second kappa shape index (κ2) is 7.94. The van der Waals surface area contributed by atoms with Gasteiger partial charge in [0.2, 0.25) is 0 Å². The van der Waals surface area contributed by atoms with E-state index in [0.717, 1.165) is 18.5 Å². The molecule has 0 saturated heterocycles. The molecular formula is C21H23FN4O2S. The molecule has 0 spiro atoms. The zero-order valence-corrected chi connectivity index (χ0v) is 17.2. The van der Waals surface area contributed by atoms with Crippen molar-refractivity contribution in [2.24, 2.45) is 5.92 Å². The van der Waals surface area contributed by atoms with Crippen LogP contribution < -0.4 is 10.3 Å². The van der Waals surface area contributed by atoms with E-state index in [9.17, 15) is 13.4 Å². The lowest BCUT2D eigenvalue weighted by atomic mass is 10.1. The summed E-state index contributed by atoms with van der Waals surface area (Å²) >= 11 is 0. The summed E-state index contributed by atoms with van der Waals surface area (Å²) in [5.74, 6) is -0.0706. The predicted molar refractivity (Wildman–Crippen MR) is 113 cm³/mol. The van der Waals surface area contributed by atoms with Crippen LogP contribution in [0.1, 0.15) is 26.7 Å². The monoisotopic (exact) mass is 414 g/mol. The lowest BCUT2D eigenvalue weighted by molar-refractivity contribution is 0.509. The Kier molecular flexibility index (Phi) is 5.36. The van der Waals surface area contributed by atoms with Crippen molar-refractivity contribution in [1.29, 1.82) is 0 Å². The van der Waals surface area contributed by atoms with Crippen molar-refractivity contribution in [3.63, 3.8) is 0 Å². The number of rotatable bonds is 7. The molecule has 2 aromatic heterocycles. The molecule has 0 aliphatic heterocycles. The van der Waals surface area contributed by atoms with Crippen LogP contribution in [-0.2, 0) is 17.5 Å². The molecule has 1 unspecified atom stereocenters. The first-order valence-electron chi connectivity index (χ1n) is 9.63. The number of nitrogens with zero attached hydrogens (tertiary/aromatic N) is 3. The first kappa shape index (κ1) is 19.6. The number of benzene rings is 1. The topological polar surface area (TPSA) is 68.9 Å². The molecule has 1 aliphatic rings. The summed E-state index contributed by atoms with van der Waals surface area (Å²) in [6, 6.07) is 7.95. The maximum Gasteiger partial charge on any atom is 0.250 e. The fourth-order valence-electron chi connectivity index (χ4n) is 3.09. The number of halogens is 1. The maximum atomic E-state index is 14.7. The molecule has 1 fully saturated rings. The Morgan fingerprint density at radius 2 is 2.03 bits per heavy atom. The fraction of sp³-hybridized carbons (Fsp3) is 0.333. The van der Waals surface area contributed by atoms with Crippen LogP contribution in [0, 0.1) is 11.7 Å². The van der Waals surface area contributed by atoms with Gasteiger partial charge in [0.1, 0.15) is 16.8 Å². The highest BCUT2D eigenvalue weighted by atomic mass is 32.2. The van der Waals surface area contributed by atoms with Crippen molar-refractivity contribution in [1.82, 2.24) is 14.3 Å². The number of pyridine rings is 1. The highest BCUT2D eigenvalue weighted by molar-refractivity contribution is 7.87. The normalized spacial score (nSPS) is 14.9. The average Bonchev–Trinajstić information content (AvgIpc) is 3.41. The first-order valence-corrected chi connectivity index (χ1v) is 10.8. The van der Waals surface area contributed by atoms with Gasteiger partial charge in [-0.05, 0) is 43.0 Å². The number of hydrogen-bond donors (Lipinski definition) is 1. The molecule has 1 aromatic carbocycles. The van der Waals surface area contributed by atoms with Crippen molar-refractivity contribution < 1.29 is 8.60 Å². The molecule has 2 heterocycles. The number of hydrogen-bond acceptors (Lipinski definition) is 3. The summed E-state index contributed by atoms with van der Waals surface area (Å²) in [4.78, 5) is 12.0. The van der Waals surface area contributed by atoms with Crippen molar-refractivity contribution in [3.8, 4) is 16.8 Å². The average molecular weight is 415 g/mol. The van der Waals surface area contributed by atoms with E-state index in [4.69, 9.17) is 0 Å². The molecule has 0 amide bonds. The molecule has 6 nitrogen and oxygen atoms in total. The third-order valence-electron chi connectivity index (χ3n) is 4.70. The Bertz CT molecular complexity index is 1120. The molecule has 1 N–H and O–H groups in total. The summed E-state index contributed by atoms with van der Waals surface area (Å²) in [7, 11) is -1.16. The largest absolute Gasteiger partial charge is 0.313 e. The zero-order chi connectivity index (χ0) is 20.5. The van der Waals surface area contributed by atoms with Crippen molar-refractivity contribution >= 4 is 16.7 Å². The van der Waals surface area contributed by atoms with Crippen LogP contribution in [0.5, 0.6) is 0 Å². The molecule has 0 bridgehead atoms. The standard InChI is InChI=1S/C21H23FN4O2S/c1-14(2)11-25-13-17(4-8-21(25)27)26-12-15(10-23-26)19-7-3-16(9-20(19)22)24-29(28)18-5-6-18/h3-4,7-10,12-14,18,24H,5-6,11H2,1-2H3. The van der Waals surface area contributed by atoms with E-state index in [1.165, 1.54) is 12.1 Å². The van der Waals surface area contributed by atoms with E-state index in [-0.39, 0.29) is 10.8 Å². The van der Waals surface area contributed by atoms with E-state index >= 15 is 0 Å². The van der Waals surface area contributed by atoms with E-state index in [1.54, 1.807) is 46.0 Å². The number of aromatic nitrogens is 3. The lowest BCUT2D eigenvalue weighted by Crippen LogP contribution is -2.21. The minimum Gasteiger partial charge on any atom is -0.313 e. The second-order valence-corrected chi connectivity index (χ2v) is 9.20. The molecule has 4 rings (SSSR count). The maximum absolute atomic E-state index is 14.7. The first-order chi connectivity index (χ1) is 13.9. The van der Waals surface area contributed by atoms with Gasteiger partial charge in [-0.3, -0.25) is 4.79 Å². The number of nitrogens with one attached hydrogen (secondary N) is 1. The van der Waals surface area contributed by atoms with Crippen molar-refractivity contribution in [2.75, 3.05) is 4.72 Å². The summed E-state index contributed by atoms with van der Waals surface area (Å²) in [6.07, 6.45) is 6.97. The SMILES string of the molecule is CC(C)Cn1cc(-n2cc(-c3ccc(NS(=O)C4CC4)cc3F)cn2)ccc1=O. The molecular weight excluding hydrogens is 391 g/mol. The molecule has 0 radical (unpaired) electrons. The summed E-state index contributed by atoms with van der Waals surface area (Å²) in [5.41, 5.74) is 2.21. The summed E-state index contributed by atoms with van der Waals surface area (Å²) < 4.78 is 32.8. The van der Waals surface area contributed by atoms with Gasteiger partial charge in [0.25, 0.3) is 5.56 Å². The molecule has 1 atom stereocenters. The molecule has 29 heavy (non-hydrogen) atoms. The quantitative estimate of drug-likeness (QED) is 0.640. The van der Waals surface area contributed by atoms with Gasteiger partial charge in [-0.2, -0.15) is 5.10 Å². The molecule has 1 aliphatic carbocycles. The van der Waals surface area contributed by atoms with Crippen LogP contribution in [0.15, 0.2) is 53.7 Å². The lowest BCUT2D eigenvalue weighted by Gasteiger charge is -2.10. The minimum atomic E-state index is -1.16. The van der Waals surface area contributed by atoms with Gasteiger partial charge in [-0.15, -0.1) is 0 Å². The van der Waals surface area contributed by atoms with Gasteiger partial charge in [-0.25, -0.2) is 13.3 Å². The molecule has 3 aromatic rings. The Morgan fingerprint density at radius 3 is 2.72 bits per heavy atom. The van der Waals surface area contributed by atoms with Crippen molar-refractivity contribution in [3.05, 3.63) is 65.1 Å². The van der Waals surface area contributed by atoms with E-state index in [1.807, 2.05) is 13.8 Å². The summed E-state index contributed by atoms with van der Waals surface area (Å²) in [5, 5.41) is 4.50. The van der Waals surface area contributed by atoms with Gasteiger partial charge < -0.3 is 9.29 Å². The van der Waals surface area contributed by atoms with E-state index < -0.39 is 16.8 Å². The number of anilines is 1. The third-order valence-corrected chi connectivity index (χ3v) is 6.22. The third kappa shape index (κ3) is 4.48. The van der Waals surface area contributed by atoms with Gasteiger partial charge >= 0.3 is 0 Å². The zero-order valence-electron chi connectivity index (χ0n) is 16.3. The predicted octanol–water partition coefficient (Wildman–Crippen LogP) is 3.73. The van der Waals surface area contributed by atoms with E-state index in [0.29, 0.717) is 29.3 Å². The highest BCUT2D eigenvalue weighted by Crippen LogP contribution is 2.29. The van der Waals surface area contributed by atoms with Crippen LogP contribution in [0.3, 0.4) is 0 Å². The fourth-order valence-corrected chi connectivity index (χ4v) is 4.18. The van der Waals surface area contributed by atoms with Gasteiger partial charge in [0.15, 0.2) is 0 Å². The van der Waals surface area contributed by atoms with Gasteiger partial charge in [-0.1, -0.05) is 13.8 Å². The molecule has 1 saturated carbocycles. The smallest absolute Gasteiger partial charge is 0.250 e. The molecule has 152 valence electrons. The second-order valence-electron chi connectivity index (χ2n) is 7.74. The Hall–Kier alpha value is -2.74. The van der Waals surface area contributed by atoms with Crippen LogP contribution in [0.4, 0.5) is 10.1 Å². The van der Waals surface area contributed by atoms with Crippen LogP contribution >= 0.6 is 0 Å². The Labute approximate surface area is 171 Å². The molecule has 8 heteroatoms. The van der Waals surface area contributed by atoms with Crippen LogP contribution in [0.25, 0.3) is 16.8 Å². The van der Waals surface area contributed by atoms with Crippen LogP contribution in [0.2, 0.25) is 0 Å². The van der Waals surface area contributed by atoms with E-state index in [2.05, 4.69) is 9.82 Å². The summed E-state index contributed by atoms with van der Waals surface area (Å²) in [6.45, 7) is 4.71. The van der Waals surface area contributed by atoms with Crippen molar-refractivity contribution in [2.45, 2.75) is 38.5 Å². The Balaban J connectivity index is 1.57. The van der Waals surface area contributed by atoms with Gasteiger partial charge in [0.05, 0.1) is 17.1 Å².